The summed E-state index contributed by atoms with van der Waals surface area (Å²) in [7, 11) is 2.19. The summed E-state index contributed by atoms with van der Waals surface area (Å²) in [4.78, 5) is 50.7. The van der Waals surface area contributed by atoms with Crippen LogP contribution in [0.4, 0.5) is 0 Å². The molecule has 282 valence electrons. The molecule has 2 heterocycles. The third-order valence-electron chi connectivity index (χ3n) is 11.4. The van der Waals surface area contributed by atoms with Crippen LogP contribution >= 0.6 is 0 Å². The van der Waals surface area contributed by atoms with Gasteiger partial charge in [0.2, 0.25) is 0 Å². The molecule has 1 aliphatic heterocycles. The number of nitrogens with zero attached hydrogens (tertiary/aromatic N) is 2. The molecule has 51 heavy (non-hydrogen) atoms. The number of ketones is 3. The zero-order chi connectivity index (χ0) is 37.4. The molecule has 0 radical (unpaired) electrons. The summed E-state index contributed by atoms with van der Waals surface area (Å²) in [5, 5.41) is 0. The van der Waals surface area contributed by atoms with Crippen molar-refractivity contribution in [2.24, 2.45) is 28.1 Å². The number of rotatable bonds is 12. The minimum atomic E-state index is -1.66. The predicted octanol–water partition coefficient (Wildman–Crippen LogP) is 10.8. The molecular formula is C45H67N2O4-. The van der Waals surface area contributed by atoms with Crippen LogP contribution in [0.15, 0.2) is 82.8 Å². The van der Waals surface area contributed by atoms with Crippen molar-refractivity contribution in [3.63, 3.8) is 0 Å². The molecule has 0 spiro atoms. The van der Waals surface area contributed by atoms with E-state index in [1.54, 1.807) is 0 Å². The first-order valence-corrected chi connectivity index (χ1v) is 18.9. The number of Topliss-reactive ketones (excluding diaryl/α,β-unsaturated/α-hetero) is 3. The number of allylic oxidation sites excluding steroid dienone is 10. The molecule has 1 aromatic rings. The minimum Gasteiger partial charge on any atom is -0.870 e. The molecule has 5 atom stereocenters. The quantitative estimate of drug-likeness (QED) is 0.159. The largest absolute Gasteiger partial charge is 0.870 e. The lowest BCUT2D eigenvalue weighted by atomic mass is 9.38. The number of hydrogen-bond donors (Lipinski definition) is 0. The fourth-order valence-corrected chi connectivity index (χ4v) is 8.53. The van der Waals surface area contributed by atoms with Crippen LogP contribution in [-0.2, 0) is 14.4 Å². The Balaban J connectivity index is 0.000000578. The maximum atomic E-state index is 14.9. The van der Waals surface area contributed by atoms with Gasteiger partial charge in [-0.2, -0.15) is 0 Å². The molecule has 2 bridgehead atoms. The van der Waals surface area contributed by atoms with Crippen molar-refractivity contribution in [2.45, 2.75) is 134 Å². The molecule has 2 fully saturated rings. The van der Waals surface area contributed by atoms with E-state index in [0.717, 1.165) is 24.0 Å². The van der Waals surface area contributed by atoms with Crippen LogP contribution in [0.5, 0.6) is 0 Å². The molecule has 2 aliphatic carbocycles. The van der Waals surface area contributed by atoms with Crippen LogP contribution in [0.3, 0.4) is 0 Å². The van der Waals surface area contributed by atoms with Gasteiger partial charge < -0.3 is 5.48 Å². The van der Waals surface area contributed by atoms with E-state index >= 15 is 0 Å². The van der Waals surface area contributed by atoms with Crippen LogP contribution in [0, 0.1) is 28.1 Å². The first kappa shape index (κ1) is 43.9. The Morgan fingerprint density at radius 3 is 2.10 bits per heavy atom. The summed E-state index contributed by atoms with van der Waals surface area (Å²) in [6, 6.07) is 4.79. The summed E-state index contributed by atoms with van der Waals surface area (Å²) >= 11 is 0. The lowest BCUT2D eigenvalue weighted by Gasteiger charge is -2.60. The molecule has 1 N–H and O–H groups in total. The van der Waals surface area contributed by atoms with E-state index in [0.29, 0.717) is 37.3 Å². The van der Waals surface area contributed by atoms with Crippen LogP contribution in [-0.4, -0.2) is 46.3 Å². The third kappa shape index (κ3) is 9.61. The molecule has 1 aromatic heterocycles. The molecule has 6 heteroatoms. The molecule has 6 nitrogen and oxygen atoms in total. The van der Waals surface area contributed by atoms with E-state index < -0.39 is 22.2 Å². The topological polar surface area (TPSA) is 97.3 Å². The second-order valence-corrected chi connectivity index (χ2v) is 16.8. The van der Waals surface area contributed by atoms with Gasteiger partial charge >= 0.3 is 0 Å². The standard InChI is InChI=1S/C35H52O3.C10H14N2.H2O/c1-23(2)13-12-19-33(11)29(17-15-25(5)6)22-34(20-18-26(7)8)21-28(16-14-24(3)4)31(37)35(33,32(34)38)30(36)27(9)10;1-12-7-3-5-10(12)9-4-2-6-11-8-9;/h13-15,18,21,27,29H,12,16-17,19-20,22H2,1-11H3;2,4,6,8,10H,3,5,7H2,1H3;1H2/p-1/t29?,33-,34+,35+;;/m1../s1. The van der Waals surface area contributed by atoms with Crippen molar-refractivity contribution in [1.29, 1.82) is 0 Å². The summed E-state index contributed by atoms with van der Waals surface area (Å²) in [6.07, 6.45) is 20.7. The highest BCUT2D eigenvalue weighted by Crippen LogP contribution is 2.66. The lowest BCUT2D eigenvalue weighted by Crippen LogP contribution is -2.70. The number of carbonyl (C=O) groups excluding carboxylic acids is 3. The average molecular weight is 700 g/mol. The second kappa shape index (κ2) is 18.5. The van der Waals surface area contributed by atoms with Crippen LogP contribution in [0.1, 0.15) is 139 Å². The SMILES string of the molecule is CC(C)=CCC[C@]1(C)C(CC=C(C)C)C[C@]2(CC=C(C)C)C=C(CC=C(C)C)C(=O)[C@@]1(C(=O)C(C)C)C2=O.CN1CCCC1c1cccnc1.[OH-]. The van der Waals surface area contributed by atoms with Crippen molar-refractivity contribution in [2.75, 3.05) is 13.6 Å². The van der Waals surface area contributed by atoms with Crippen molar-refractivity contribution in [3.05, 3.63) is 88.3 Å². The Hall–Kier alpha value is -3.22. The average Bonchev–Trinajstić information content (AvgIpc) is 3.48. The van der Waals surface area contributed by atoms with Gasteiger partial charge in [0, 0.05) is 24.4 Å². The van der Waals surface area contributed by atoms with Gasteiger partial charge in [0.15, 0.2) is 22.8 Å². The van der Waals surface area contributed by atoms with Crippen molar-refractivity contribution >= 4 is 17.3 Å². The zero-order valence-corrected chi connectivity index (χ0v) is 33.9. The number of aromatic nitrogens is 1. The van der Waals surface area contributed by atoms with Gasteiger partial charge in [-0.1, -0.05) is 79.5 Å². The Bertz CT molecular complexity index is 1530. The number of fused-ring (bicyclic) bond motifs is 2. The summed E-state index contributed by atoms with van der Waals surface area (Å²) in [6.45, 7) is 23.4. The monoisotopic (exact) mass is 700 g/mol. The van der Waals surface area contributed by atoms with Gasteiger partial charge in [0.05, 0.1) is 5.41 Å². The zero-order valence-electron chi connectivity index (χ0n) is 33.9. The highest BCUT2D eigenvalue weighted by atomic mass is 16.2. The van der Waals surface area contributed by atoms with Gasteiger partial charge in [-0.05, 0) is 149 Å². The summed E-state index contributed by atoms with van der Waals surface area (Å²) in [5.74, 6) is -0.983. The summed E-state index contributed by atoms with van der Waals surface area (Å²) < 4.78 is 0. The van der Waals surface area contributed by atoms with Crippen molar-refractivity contribution in [3.8, 4) is 0 Å². The molecular weight excluding hydrogens is 633 g/mol. The van der Waals surface area contributed by atoms with E-state index in [9.17, 15) is 14.4 Å². The lowest BCUT2D eigenvalue weighted by molar-refractivity contribution is -0.177. The van der Waals surface area contributed by atoms with Gasteiger partial charge in [-0.3, -0.25) is 24.3 Å². The summed E-state index contributed by atoms with van der Waals surface area (Å²) in [5.41, 5.74) is 3.39. The molecule has 4 rings (SSSR count). The highest BCUT2D eigenvalue weighted by Gasteiger charge is 2.73. The van der Waals surface area contributed by atoms with Crippen molar-refractivity contribution < 1.29 is 19.9 Å². The van der Waals surface area contributed by atoms with E-state index in [1.165, 1.54) is 36.1 Å². The number of pyridine rings is 1. The van der Waals surface area contributed by atoms with Crippen LogP contribution < -0.4 is 0 Å². The Kier molecular flexibility index (Phi) is 15.9. The smallest absolute Gasteiger partial charge is 0.180 e. The maximum Gasteiger partial charge on any atom is 0.180 e. The van der Waals surface area contributed by atoms with Gasteiger partial charge in [-0.15, -0.1) is 0 Å². The molecule has 1 saturated carbocycles. The van der Waals surface area contributed by atoms with Crippen molar-refractivity contribution in [1.82, 2.24) is 9.88 Å². The van der Waals surface area contributed by atoms with E-state index in [2.05, 4.69) is 81.9 Å². The maximum absolute atomic E-state index is 14.9. The van der Waals surface area contributed by atoms with Gasteiger partial charge in [-0.25, -0.2) is 0 Å². The fraction of sp³-hybridized carbons (Fsp3) is 0.600. The Morgan fingerprint density at radius 2 is 1.59 bits per heavy atom. The Labute approximate surface area is 310 Å². The molecule has 0 aromatic carbocycles. The van der Waals surface area contributed by atoms with E-state index in [4.69, 9.17) is 0 Å². The first-order valence-electron chi connectivity index (χ1n) is 18.9. The Morgan fingerprint density at radius 1 is 0.961 bits per heavy atom. The number of likely N-dealkylation sites (tertiary alicyclic amines) is 1. The van der Waals surface area contributed by atoms with E-state index in [1.807, 2.05) is 66.1 Å². The molecule has 1 saturated heterocycles. The highest BCUT2D eigenvalue weighted by molar-refractivity contribution is 6.33. The predicted molar refractivity (Wildman–Crippen MR) is 211 cm³/mol. The van der Waals surface area contributed by atoms with Gasteiger partial charge in [0.1, 0.15) is 0 Å². The van der Waals surface area contributed by atoms with E-state index in [-0.39, 0.29) is 28.7 Å². The van der Waals surface area contributed by atoms with Gasteiger partial charge in [0.25, 0.3) is 0 Å². The normalized spacial score (nSPS) is 27.0. The molecule has 2 unspecified atom stereocenters. The van der Waals surface area contributed by atoms with Crippen LogP contribution in [0.25, 0.3) is 0 Å². The first-order chi connectivity index (χ1) is 23.4. The molecule has 3 aliphatic rings. The van der Waals surface area contributed by atoms with Crippen LogP contribution in [0.2, 0.25) is 0 Å². The minimum absolute atomic E-state index is 0. The third-order valence-corrected chi connectivity index (χ3v) is 11.4. The molecule has 0 amide bonds. The number of hydrogen-bond acceptors (Lipinski definition) is 6. The fourth-order valence-electron chi connectivity index (χ4n) is 8.53. The second-order valence-electron chi connectivity index (χ2n) is 16.8. The number of carbonyl (C=O) groups is 3.